The van der Waals surface area contributed by atoms with Crippen LogP contribution in [0.5, 0.6) is 0 Å². The summed E-state index contributed by atoms with van der Waals surface area (Å²) in [4.78, 5) is 11.9. The first-order valence-corrected chi connectivity index (χ1v) is 9.49. The maximum atomic E-state index is 13.2. The molecule has 1 aromatic heterocycles. The molecule has 0 fully saturated rings. The predicted octanol–water partition coefficient (Wildman–Crippen LogP) is 4.56. The van der Waals surface area contributed by atoms with Gasteiger partial charge in [0, 0.05) is 32.8 Å². The first-order valence-electron chi connectivity index (χ1n) is 8.70. The second kappa shape index (κ2) is 8.84. The molecule has 5 nitrogen and oxygen atoms in total. The molecule has 3 rings (SSSR count). The number of hydrogen-bond donors (Lipinski definition) is 2. The molecule has 7 heteroatoms. The van der Waals surface area contributed by atoms with Gasteiger partial charge in [0.15, 0.2) is 0 Å². The van der Waals surface area contributed by atoms with Gasteiger partial charge in [0.05, 0.1) is 12.8 Å². The highest BCUT2D eigenvalue weighted by Gasteiger charge is 2.09. The fourth-order valence-electron chi connectivity index (χ4n) is 2.87. The summed E-state index contributed by atoms with van der Waals surface area (Å²) < 4.78 is 16.2. The molecular weight excluding hydrogens is 423 g/mol. The third kappa shape index (κ3) is 4.86. The number of aryl methyl sites for hydroxylation is 1. The Morgan fingerprint density at radius 1 is 1.14 bits per heavy atom. The lowest BCUT2D eigenvalue weighted by atomic mass is 10.2. The zero-order chi connectivity index (χ0) is 20.1. The van der Waals surface area contributed by atoms with Gasteiger partial charge in [-0.25, -0.2) is 9.82 Å². The van der Waals surface area contributed by atoms with Gasteiger partial charge in [-0.15, -0.1) is 0 Å². The third-order valence-corrected chi connectivity index (χ3v) is 4.77. The van der Waals surface area contributed by atoms with Crippen LogP contribution in [-0.2, 0) is 4.79 Å². The van der Waals surface area contributed by atoms with Gasteiger partial charge in [-0.1, -0.05) is 15.9 Å². The highest BCUT2D eigenvalue weighted by molar-refractivity contribution is 9.10. The lowest BCUT2D eigenvalue weighted by molar-refractivity contribution is -0.119. The topological polar surface area (TPSA) is 58.4 Å². The predicted molar refractivity (Wildman–Crippen MR) is 114 cm³/mol. The molecular formula is C21H20BrFN4O. The summed E-state index contributed by atoms with van der Waals surface area (Å²) in [6.07, 6.45) is 1.61. The van der Waals surface area contributed by atoms with Gasteiger partial charge < -0.3 is 9.88 Å². The Balaban J connectivity index is 1.61. The molecule has 0 radical (unpaired) electrons. The molecule has 0 saturated carbocycles. The molecule has 0 spiro atoms. The number of nitrogens with zero attached hydrogens (tertiary/aromatic N) is 2. The standard InChI is InChI=1S/C21H20BrFN4O/c1-14-11-16(15(2)27(14)20-9-5-18(23)6-10-20)12-25-26-21(28)13-24-19-7-3-17(22)4-8-19/h3-12,24H,13H2,1-2H3,(H,26,28)/b25-12-. The molecule has 0 aliphatic heterocycles. The van der Waals surface area contributed by atoms with Crippen LogP contribution in [-0.4, -0.2) is 23.2 Å². The van der Waals surface area contributed by atoms with E-state index in [0.29, 0.717) is 0 Å². The van der Waals surface area contributed by atoms with E-state index in [4.69, 9.17) is 0 Å². The van der Waals surface area contributed by atoms with E-state index in [1.807, 2.05) is 48.7 Å². The molecule has 0 atom stereocenters. The third-order valence-electron chi connectivity index (χ3n) is 4.25. The van der Waals surface area contributed by atoms with Crippen molar-refractivity contribution in [3.63, 3.8) is 0 Å². The SMILES string of the molecule is Cc1cc(/C=N\NC(=O)CNc2ccc(Br)cc2)c(C)n1-c1ccc(F)cc1. The van der Waals surface area contributed by atoms with E-state index in [0.717, 1.165) is 32.8 Å². The Morgan fingerprint density at radius 3 is 2.50 bits per heavy atom. The molecule has 1 amide bonds. The summed E-state index contributed by atoms with van der Waals surface area (Å²) in [5, 5.41) is 7.08. The summed E-state index contributed by atoms with van der Waals surface area (Å²) in [6, 6.07) is 15.8. The zero-order valence-electron chi connectivity index (χ0n) is 15.5. The van der Waals surface area contributed by atoms with Gasteiger partial charge >= 0.3 is 0 Å². The van der Waals surface area contributed by atoms with Gasteiger partial charge in [-0.05, 0) is 68.4 Å². The number of hydrogen-bond acceptors (Lipinski definition) is 3. The van der Waals surface area contributed by atoms with Crippen molar-refractivity contribution in [2.75, 3.05) is 11.9 Å². The number of carbonyl (C=O) groups excluding carboxylic acids is 1. The largest absolute Gasteiger partial charge is 0.376 e. The van der Waals surface area contributed by atoms with Crippen LogP contribution >= 0.6 is 15.9 Å². The van der Waals surface area contributed by atoms with Crippen LogP contribution in [0.15, 0.2) is 64.2 Å². The minimum absolute atomic E-state index is 0.119. The monoisotopic (exact) mass is 442 g/mol. The van der Waals surface area contributed by atoms with Crippen LogP contribution in [0.25, 0.3) is 5.69 Å². The summed E-state index contributed by atoms with van der Waals surface area (Å²) in [5.41, 5.74) is 7.07. The van der Waals surface area contributed by atoms with Gasteiger partial charge in [0.1, 0.15) is 5.82 Å². The smallest absolute Gasteiger partial charge is 0.259 e. The number of carbonyl (C=O) groups is 1. The lowest BCUT2D eigenvalue weighted by Crippen LogP contribution is -2.25. The number of benzene rings is 2. The molecule has 28 heavy (non-hydrogen) atoms. The molecule has 0 unspecified atom stereocenters. The molecule has 0 saturated heterocycles. The van der Waals surface area contributed by atoms with E-state index < -0.39 is 0 Å². The van der Waals surface area contributed by atoms with Crippen molar-refractivity contribution in [3.05, 3.63) is 81.8 Å². The number of aromatic nitrogens is 1. The number of halogens is 2. The average Bonchev–Trinajstić information content (AvgIpc) is 2.96. The van der Waals surface area contributed by atoms with Crippen molar-refractivity contribution >= 4 is 33.7 Å². The van der Waals surface area contributed by atoms with Crippen LogP contribution < -0.4 is 10.7 Å². The van der Waals surface area contributed by atoms with Crippen molar-refractivity contribution in [1.29, 1.82) is 0 Å². The summed E-state index contributed by atoms with van der Waals surface area (Å²) in [6.45, 7) is 4.04. The molecule has 1 heterocycles. The van der Waals surface area contributed by atoms with Crippen molar-refractivity contribution in [1.82, 2.24) is 9.99 Å². The molecule has 0 aliphatic rings. The summed E-state index contributed by atoms with van der Waals surface area (Å²) in [5.74, 6) is -0.515. The number of rotatable bonds is 6. The number of hydrazone groups is 1. The van der Waals surface area contributed by atoms with Crippen molar-refractivity contribution in [3.8, 4) is 5.69 Å². The average molecular weight is 443 g/mol. The molecule has 2 N–H and O–H groups in total. The molecule has 144 valence electrons. The van der Waals surface area contributed by atoms with Crippen LogP contribution in [0.2, 0.25) is 0 Å². The molecule has 0 bridgehead atoms. The van der Waals surface area contributed by atoms with Crippen LogP contribution in [0.4, 0.5) is 10.1 Å². The van der Waals surface area contributed by atoms with E-state index in [9.17, 15) is 9.18 Å². The van der Waals surface area contributed by atoms with Gasteiger partial charge in [-0.3, -0.25) is 4.79 Å². The number of amides is 1. The van der Waals surface area contributed by atoms with E-state index in [1.165, 1.54) is 12.1 Å². The minimum atomic E-state index is -0.271. The van der Waals surface area contributed by atoms with E-state index >= 15 is 0 Å². The van der Waals surface area contributed by atoms with Crippen LogP contribution in [0, 0.1) is 19.7 Å². The molecule has 3 aromatic rings. The first-order chi connectivity index (χ1) is 13.4. The van der Waals surface area contributed by atoms with Gasteiger partial charge in [-0.2, -0.15) is 5.10 Å². The Bertz CT molecular complexity index is 994. The van der Waals surface area contributed by atoms with Crippen LogP contribution in [0.3, 0.4) is 0 Å². The first kappa shape index (κ1) is 19.8. The Labute approximate surface area is 171 Å². The number of anilines is 1. The molecule has 0 aliphatic carbocycles. The minimum Gasteiger partial charge on any atom is -0.376 e. The Hall–Kier alpha value is -2.93. The highest BCUT2D eigenvalue weighted by Crippen LogP contribution is 2.20. The normalized spacial score (nSPS) is 11.0. The van der Waals surface area contributed by atoms with E-state index in [2.05, 4.69) is 31.8 Å². The van der Waals surface area contributed by atoms with Crippen molar-refractivity contribution in [2.45, 2.75) is 13.8 Å². The van der Waals surface area contributed by atoms with Crippen molar-refractivity contribution in [2.24, 2.45) is 5.10 Å². The fourth-order valence-corrected chi connectivity index (χ4v) is 3.13. The van der Waals surface area contributed by atoms with E-state index in [-0.39, 0.29) is 18.3 Å². The van der Waals surface area contributed by atoms with Gasteiger partial charge in [0.2, 0.25) is 0 Å². The summed E-state index contributed by atoms with van der Waals surface area (Å²) >= 11 is 3.37. The molecule has 2 aromatic carbocycles. The lowest BCUT2D eigenvalue weighted by Gasteiger charge is -2.09. The highest BCUT2D eigenvalue weighted by atomic mass is 79.9. The number of nitrogens with one attached hydrogen (secondary N) is 2. The zero-order valence-corrected chi connectivity index (χ0v) is 17.1. The maximum absolute atomic E-state index is 13.2. The fraction of sp³-hybridized carbons (Fsp3) is 0.143. The van der Waals surface area contributed by atoms with Crippen LogP contribution in [0.1, 0.15) is 17.0 Å². The second-order valence-corrected chi connectivity index (χ2v) is 7.21. The quantitative estimate of drug-likeness (QED) is 0.434. The van der Waals surface area contributed by atoms with E-state index in [1.54, 1.807) is 18.3 Å². The summed E-state index contributed by atoms with van der Waals surface area (Å²) in [7, 11) is 0. The Morgan fingerprint density at radius 2 is 1.82 bits per heavy atom. The second-order valence-electron chi connectivity index (χ2n) is 6.29. The maximum Gasteiger partial charge on any atom is 0.259 e. The van der Waals surface area contributed by atoms with Gasteiger partial charge in [0.25, 0.3) is 5.91 Å². The Kier molecular flexibility index (Phi) is 6.26. The van der Waals surface area contributed by atoms with Crippen molar-refractivity contribution < 1.29 is 9.18 Å².